The summed E-state index contributed by atoms with van der Waals surface area (Å²) in [5.41, 5.74) is 6.64. The third kappa shape index (κ3) is 12.8. The molecule has 226 valence electrons. The van der Waals surface area contributed by atoms with Crippen molar-refractivity contribution in [1.82, 2.24) is 15.5 Å². The van der Waals surface area contributed by atoms with E-state index in [9.17, 15) is 19.2 Å². The number of nitrogens with two attached hydrogens (primary N) is 1. The van der Waals surface area contributed by atoms with E-state index in [-0.39, 0.29) is 18.7 Å². The summed E-state index contributed by atoms with van der Waals surface area (Å²) >= 11 is 0. The van der Waals surface area contributed by atoms with Crippen LogP contribution in [0, 0.1) is 13.8 Å². The molecular formula is C31H52N4O5. The average molecular weight is 561 g/mol. The summed E-state index contributed by atoms with van der Waals surface area (Å²) in [7, 11) is 0. The Hall–Kier alpha value is -3.10. The number of hydrogen-bond donors (Lipinski definition) is 3. The molecule has 0 fully saturated rings. The second kappa shape index (κ2) is 15.6. The molecule has 40 heavy (non-hydrogen) atoms. The lowest BCUT2D eigenvalue weighted by Gasteiger charge is -2.36. The Kier molecular flexibility index (Phi) is 13.6. The quantitative estimate of drug-likeness (QED) is 0.269. The lowest BCUT2D eigenvalue weighted by Crippen LogP contribution is -2.55. The Morgan fingerprint density at radius 1 is 0.975 bits per heavy atom. The number of nitrogens with zero attached hydrogens (tertiary/aromatic N) is 1. The van der Waals surface area contributed by atoms with Gasteiger partial charge in [-0.15, -0.1) is 0 Å². The molecule has 0 aliphatic rings. The molecule has 0 saturated heterocycles. The number of hydrogen-bond acceptors (Lipinski definition) is 5. The maximum Gasteiger partial charge on any atom is 0.408 e. The van der Waals surface area contributed by atoms with Gasteiger partial charge in [0.1, 0.15) is 17.7 Å². The topological polar surface area (TPSA) is 131 Å². The Morgan fingerprint density at radius 2 is 1.60 bits per heavy atom. The van der Waals surface area contributed by atoms with Crippen molar-refractivity contribution >= 4 is 23.8 Å². The molecule has 1 rings (SSSR count). The predicted octanol–water partition coefficient (Wildman–Crippen LogP) is 5.22. The molecule has 0 saturated carbocycles. The predicted molar refractivity (Wildman–Crippen MR) is 159 cm³/mol. The van der Waals surface area contributed by atoms with Gasteiger partial charge in [0.25, 0.3) is 0 Å². The van der Waals surface area contributed by atoms with Crippen molar-refractivity contribution in [3.63, 3.8) is 0 Å². The fourth-order valence-electron chi connectivity index (χ4n) is 4.39. The zero-order valence-corrected chi connectivity index (χ0v) is 26.1. The Morgan fingerprint density at radius 3 is 2.15 bits per heavy atom. The van der Waals surface area contributed by atoms with E-state index in [4.69, 9.17) is 10.5 Å². The van der Waals surface area contributed by atoms with Crippen LogP contribution in [-0.2, 0) is 19.1 Å². The molecule has 0 bridgehead atoms. The number of aryl methyl sites for hydroxylation is 2. The Balaban J connectivity index is 3.61. The van der Waals surface area contributed by atoms with E-state index < -0.39 is 41.1 Å². The van der Waals surface area contributed by atoms with Gasteiger partial charge in [-0.2, -0.15) is 0 Å². The second-order valence-electron chi connectivity index (χ2n) is 12.7. The van der Waals surface area contributed by atoms with Gasteiger partial charge in [0.15, 0.2) is 0 Å². The van der Waals surface area contributed by atoms with Crippen LogP contribution in [0.2, 0.25) is 0 Å². The fourth-order valence-corrected chi connectivity index (χ4v) is 4.39. The molecular weight excluding hydrogens is 508 g/mol. The van der Waals surface area contributed by atoms with Gasteiger partial charge in [0.2, 0.25) is 17.7 Å². The summed E-state index contributed by atoms with van der Waals surface area (Å²) in [6.07, 6.45) is 3.85. The first kappa shape index (κ1) is 34.9. The van der Waals surface area contributed by atoms with Crippen LogP contribution < -0.4 is 16.4 Å². The first-order chi connectivity index (χ1) is 18.4. The van der Waals surface area contributed by atoms with E-state index in [1.165, 1.54) is 0 Å². The van der Waals surface area contributed by atoms with Crippen LogP contribution in [0.3, 0.4) is 0 Å². The van der Waals surface area contributed by atoms with Gasteiger partial charge >= 0.3 is 6.09 Å². The minimum atomic E-state index is -1.10. The smallest absolute Gasteiger partial charge is 0.408 e. The van der Waals surface area contributed by atoms with Gasteiger partial charge in [-0.05, 0) is 79.4 Å². The van der Waals surface area contributed by atoms with Crippen molar-refractivity contribution < 1.29 is 23.9 Å². The molecule has 0 spiro atoms. The molecule has 0 aliphatic heterocycles. The van der Waals surface area contributed by atoms with Crippen molar-refractivity contribution in [3.05, 3.63) is 34.9 Å². The number of carbonyl (C=O) groups is 4. The number of rotatable bonds is 14. The molecule has 0 radical (unpaired) electrons. The third-order valence-electron chi connectivity index (χ3n) is 6.24. The molecule has 4 N–H and O–H groups in total. The number of ether oxygens (including phenoxy) is 1. The number of alkyl carbamates (subject to hydrolysis) is 1. The molecule has 0 aliphatic carbocycles. The summed E-state index contributed by atoms with van der Waals surface area (Å²) in [6.45, 7) is 17.1. The molecule has 9 heteroatoms. The standard InChI is InChI=1S/C31H52N4O5/c1-10-11-12-13-14-19-35(28(38)24(17-18-25(32)36)33-29(39)40-31(7,8)9)26(27(37)34-30(4,5)6)23-20-21(2)15-16-22(23)3/h15-16,20,24,26H,10-14,17-19H2,1-9H3,(H2,32,36)(H,33,39)(H,34,37). The molecule has 0 heterocycles. The van der Waals surface area contributed by atoms with E-state index in [2.05, 4.69) is 17.6 Å². The average Bonchev–Trinajstić information content (AvgIpc) is 2.80. The maximum atomic E-state index is 14.3. The number of nitrogens with one attached hydrogen (secondary N) is 2. The van der Waals surface area contributed by atoms with Crippen LogP contribution >= 0.6 is 0 Å². The van der Waals surface area contributed by atoms with E-state index in [0.29, 0.717) is 13.0 Å². The Labute approximate surface area is 241 Å². The van der Waals surface area contributed by atoms with E-state index in [1.807, 2.05) is 52.8 Å². The second-order valence-corrected chi connectivity index (χ2v) is 12.7. The van der Waals surface area contributed by atoms with Crippen LogP contribution in [0.5, 0.6) is 0 Å². The number of amides is 4. The fraction of sp³-hybridized carbons (Fsp3) is 0.677. The van der Waals surface area contributed by atoms with Crippen LogP contribution in [0.4, 0.5) is 4.79 Å². The van der Waals surface area contributed by atoms with Gasteiger partial charge in [-0.25, -0.2) is 4.79 Å². The molecule has 4 amide bonds. The lowest BCUT2D eigenvalue weighted by atomic mass is 9.94. The summed E-state index contributed by atoms with van der Waals surface area (Å²) in [6, 6.07) is 3.80. The zero-order chi connectivity index (χ0) is 30.7. The van der Waals surface area contributed by atoms with Crippen molar-refractivity contribution in [3.8, 4) is 0 Å². The van der Waals surface area contributed by atoms with Crippen molar-refractivity contribution in [2.24, 2.45) is 5.73 Å². The number of unbranched alkanes of at least 4 members (excludes halogenated alkanes) is 4. The van der Waals surface area contributed by atoms with Crippen LogP contribution in [-0.4, -0.2) is 52.4 Å². The number of benzene rings is 1. The van der Waals surface area contributed by atoms with Crippen LogP contribution in [0.15, 0.2) is 18.2 Å². The maximum absolute atomic E-state index is 14.3. The molecule has 9 nitrogen and oxygen atoms in total. The molecule has 2 atom stereocenters. The first-order valence-corrected chi connectivity index (χ1v) is 14.4. The van der Waals surface area contributed by atoms with E-state index in [0.717, 1.165) is 42.4 Å². The normalized spacial score (nSPS) is 13.2. The number of primary amides is 1. The molecule has 1 aromatic rings. The molecule has 1 aromatic carbocycles. The minimum Gasteiger partial charge on any atom is -0.444 e. The lowest BCUT2D eigenvalue weighted by molar-refractivity contribution is -0.143. The highest BCUT2D eigenvalue weighted by Gasteiger charge is 2.37. The minimum absolute atomic E-state index is 0.0137. The van der Waals surface area contributed by atoms with Crippen LogP contribution in [0.25, 0.3) is 0 Å². The van der Waals surface area contributed by atoms with Gasteiger partial charge in [0.05, 0.1) is 0 Å². The third-order valence-corrected chi connectivity index (χ3v) is 6.24. The molecule has 2 unspecified atom stereocenters. The van der Waals surface area contributed by atoms with Crippen molar-refractivity contribution in [2.45, 2.75) is 130 Å². The monoisotopic (exact) mass is 560 g/mol. The first-order valence-electron chi connectivity index (χ1n) is 14.4. The summed E-state index contributed by atoms with van der Waals surface area (Å²) < 4.78 is 5.41. The van der Waals surface area contributed by atoms with Gasteiger partial charge in [0, 0.05) is 18.5 Å². The summed E-state index contributed by atoms with van der Waals surface area (Å²) in [5, 5.41) is 5.70. The largest absolute Gasteiger partial charge is 0.444 e. The van der Waals surface area contributed by atoms with E-state index >= 15 is 0 Å². The highest BCUT2D eigenvalue weighted by Crippen LogP contribution is 2.28. The highest BCUT2D eigenvalue weighted by atomic mass is 16.6. The number of carbonyl (C=O) groups excluding carboxylic acids is 4. The Bertz CT molecular complexity index is 1010. The SMILES string of the molecule is CCCCCCCN(C(=O)C(CCC(N)=O)NC(=O)OC(C)(C)C)C(C(=O)NC(C)(C)C)c1cc(C)ccc1C. The van der Waals surface area contributed by atoms with Gasteiger partial charge in [-0.3, -0.25) is 14.4 Å². The van der Waals surface area contributed by atoms with Crippen molar-refractivity contribution in [1.29, 1.82) is 0 Å². The highest BCUT2D eigenvalue weighted by molar-refractivity contribution is 5.93. The zero-order valence-electron chi connectivity index (χ0n) is 26.1. The summed E-state index contributed by atoms with van der Waals surface area (Å²) in [4.78, 5) is 54.2. The van der Waals surface area contributed by atoms with E-state index in [1.54, 1.807) is 25.7 Å². The van der Waals surface area contributed by atoms with Crippen molar-refractivity contribution in [2.75, 3.05) is 6.54 Å². The van der Waals surface area contributed by atoms with Gasteiger partial charge < -0.3 is 26.0 Å². The van der Waals surface area contributed by atoms with Crippen LogP contribution in [0.1, 0.15) is 116 Å². The van der Waals surface area contributed by atoms with Gasteiger partial charge in [-0.1, -0.05) is 56.4 Å². The summed E-state index contributed by atoms with van der Waals surface area (Å²) in [5.74, 6) is -1.36. The molecule has 0 aromatic heterocycles.